The lowest BCUT2D eigenvalue weighted by Gasteiger charge is -2.42. The number of aromatic nitrogens is 2. The van der Waals surface area contributed by atoms with E-state index in [2.05, 4.69) is 15.0 Å². The lowest BCUT2D eigenvalue weighted by Crippen LogP contribution is -2.58. The standard InChI is InChI=1S/C29H27F6N5O2S/c30-28(31,32)21-5-4-19(24(11-21)29(33,34)35)14-40-25-6-1-17(9-20(25)12-37-40)10-23-13-36-27(43-23)38-7-8-39(22(15-38)16-41)26(42)18-2-3-18/h1,4-6,9-13,18,22,27,41H,2-3,7-8,14-16H2/t22-,27?/m1/s1. The first-order valence-electron chi connectivity index (χ1n) is 13.7. The Kier molecular flexibility index (Phi) is 7.80. The number of fused-ring (bicyclic) bond motifs is 1. The van der Waals surface area contributed by atoms with Crippen molar-refractivity contribution in [2.45, 2.75) is 43.3 Å². The maximum atomic E-state index is 13.6. The summed E-state index contributed by atoms with van der Waals surface area (Å²) in [4.78, 5) is 22.0. The van der Waals surface area contributed by atoms with Crippen molar-refractivity contribution in [3.8, 4) is 0 Å². The van der Waals surface area contributed by atoms with Gasteiger partial charge in [-0.25, -0.2) is 0 Å². The third-order valence-electron chi connectivity index (χ3n) is 7.86. The number of thioether (sulfide) groups is 1. The van der Waals surface area contributed by atoms with E-state index in [1.165, 1.54) is 10.9 Å². The highest BCUT2D eigenvalue weighted by molar-refractivity contribution is 8.04. The number of rotatable bonds is 6. The van der Waals surface area contributed by atoms with Crippen LogP contribution in [-0.2, 0) is 23.7 Å². The molecular weight excluding hydrogens is 596 g/mol. The zero-order chi connectivity index (χ0) is 30.5. The number of nitrogens with zero attached hydrogens (tertiary/aromatic N) is 5. The highest BCUT2D eigenvalue weighted by Gasteiger charge is 2.40. The van der Waals surface area contributed by atoms with Gasteiger partial charge in [-0.1, -0.05) is 23.9 Å². The Labute approximate surface area is 246 Å². The summed E-state index contributed by atoms with van der Waals surface area (Å²) in [6.45, 7) is 1.26. The molecule has 1 saturated carbocycles. The third kappa shape index (κ3) is 6.31. The number of hydrogen-bond donors (Lipinski definition) is 1. The van der Waals surface area contributed by atoms with Gasteiger partial charge in [0.25, 0.3) is 0 Å². The predicted octanol–water partition coefficient (Wildman–Crippen LogP) is 5.48. The molecule has 6 rings (SSSR count). The molecule has 2 atom stereocenters. The zero-order valence-corrected chi connectivity index (χ0v) is 23.5. The first kappa shape index (κ1) is 29.7. The lowest BCUT2D eigenvalue weighted by atomic mass is 10.0. The molecule has 1 aliphatic carbocycles. The first-order valence-corrected chi connectivity index (χ1v) is 14.6. The number of hydrogen-bond acceptors (Lipinski definition) is 6. The van der Waals surface area contributed by atoms with Gasteiger partial charge in [0, 0.05) is 42.1 Å². The van der Waals surface area contributed by atoms with E-state index in [1.807, 2.05) is 12.1 Å². The summed E-state index contributed by atoms with van der Waals surface area (Å²) in [5.41, 5.74) is -1.85. The molecule has 3 aliphatic rings. The Morgan fingerprint density at radius 3 is 2.53 bits per heavy atom. The minimum Gasteiger partial charge on any atom is -0.394 e. The van der Waals surface area contributed by atoms with E-state index in [0.717, 1.165) is 29.4 Å². The second-order valence-electron chi connectivity index (χ2n) is 10.9. The van der Waals surface area contributed by atoms with Gasteiger partial charge in [-0.3, -0.25) is 19.4 Å². The smallest absolute Gasteiger partial charge is 0.394 e. The fourth-order valence-corrected chi connectivity index (χ4v) is 6.48. The van der Waals surface area contributed by atoms with Crippen molar-refractivity contribution in [2.24, 2.45) is 10.9 Å². The van der Waals surface area contributed by atoms with E-state index in [1.54, 1.807) is 35.0 Å². The Balaban J connectivity index is 1.14. The van der Waals surface area contributed by atoms with Crippen molar-refractivity contribution in [3.05, 3.63) is 69.8 Å². The van der Waals surface area contributed by atoms with Crippen LogP contribution < -0.4 is 0 Å². The third-order valence-corrected chi connectivity index (χ3v) is 8.98. The molecule has 14 heteroatoms. The fraction of sp³-hybridized carbons (Fsp3) is 0.414. The molecule has 2 aromatic carbocycles. The number of aliphatic imine (C=N–C) groups is 1. The summed E-state index contributed by atoms with van der Waals surface area (Å²) >= 11 is 1.54. The molecule has 2 aliphatic heterocycles. The number of amides is 1. The van der Waals surface area contributed by atoms with Crippen LogP contribution in [0.4, 0.5) is 26.3 Å². The van der Waals surface area contributed by atoms with Crippen LogP contribution in [0.1, 0.15) is 35.1 Å². The van der Waals surface area contributed by atoms with Gasteiger partial charge in [-0.05, 0) is 54.3 Å². The molecule has 0 spiro atoms. The van der Waals surface area contributed by atoms with Crippen molar-refractivity contribution in [1.29, 1.82) is 0 Å². The number of halogens is 6. The SMILES string of the molecule is O=C(C1CC1)N1CCN(C2N=CC(=Cc3ccc4c(cnn4Cc4ccc(C(F)(F)F)cc4C(F)(F)F)c3)S2)C[C@@H]1CO. The monoisotopic (exact) mass is 623 g/mol. The van der Waals surface area contributed by atoms with Gasteiger partial charge >= 0.3 is 12.4 Å². The highest BCUT2D eigenvalue weighted by atomic mass is 32.2. The minimum absolute atomic E-state index is 0.0978. The van der Waals surface area contributed by atoms with Crippen LogP contribution in [0.3, 0.4) is 0 Å². The van der Waals surface area contributed by atoms with Crippen molar-refractivity contribution in [1.82, 2.24) is 19.6 Å². The summed E-state index contributed by atoms with van der Waals surface area (Å²) in [6, 6.07) is 6.69. The molecule has 0 radical (unpaired) electrons. The Hall–Kier alpha value is -3.36. The Morgan fingerprint density at radius 2 is 1.84 bits per heavy atom. The van der Waals surface area contributed by atoms with Gasteiger partial charge in [0.05, 0.1) is 42.0 Å². The maximum absolute atomic E-state index is 13.6. The van der Waals surface area contributed by atoms with Crippen molar-refractivity contribution < 1.29 is 36.2 Å². The zero-order valence-electron chi connectivity index (χ0n) is 22.6. The molecule has 2 fully saturated rings. The van der Waals surface area contributed by atoms with E-state index in [9.17, 15) is 36.2 Å². The molecule has 1 saturated heterocycles. The molecule has 43 heavy (non-hydrogen) atoms. The number of allylic oxidation sites excluding steroid dienone is 1. The highest BCUT2D eigenvalue weighted by Crippen LogP contribution is 2.38. The molecule has 0 bridgehead atoms. The van der Waals surface area contributed by atoms with Crippen LogP contribution in [0.25, 0.3) is 17.0 Å². The van der Waals surface area contributed by atoms with Crippen LogP contribution in [-0.4, -0.2) is 74.6 Å². The van der Waals surface area contributed by atoms with Gasteiger partial charge in [0.1, 0.15) is 0 Å². The summed E-state index contributed by atoms with van der Waals surface area (Å²) in [7, 11) is 0. The summed E-state index contributed by atoms with van der Waals surface area (Å²) < 4.78 is 81.3. The van der Waals surface area contributed by atoms with E-state index in [0.29, 0.717) is 36.6 Å². The molecule has 1 unspecified atom stereocenters. The van der Waals surface area contributed by atoms with Gasteiger partial charge in [-0.15, -0.1) is 0 Å². The van der Waals surface area contributed by atoms with E-state index in [-0.39, 0.29) is 48.1 Å². The molecule has 7 nitrogen and oxygen atoms in total. The van der Waals surface area contributed by atoms with Crippen LogP contribution in [0.5, 0.6) is 0 Å². The number of benzene rings is 2. The largest absolute Gasteiger partial charge is 0.416 e. The molecule has 3 aromatic rings. The van der Waals surface area contributed by atoms with Gasteiger partial charge < -0.3 is 10.0 Å². The van der Waals surface area contributed by atoms with E-state index in [4.69, 9.17) is 0 Å². The lowest BCUT2D eigenvalue weighted by molar-refractivity contribution is -0.143. The van der Waals surface area contributed by atoms with Crippen LogP contribution >= 0.6 is 11.8 Å². The van der Waals surface area contributed by atoms with Crippen LogP contribution in [0.15, 0.2) is 52.5 Å². The predicted molar refractivity (Wildman–Crippen MR) is 150 cm³/mol. The van der Waals surface area contributed by atoms with Crippen molar-refractivity contribution >= 4 is 40.9 Å². The summed E-state index contributed by atoms with van der Waals surface area (Å²) in [6.07, 6.45) is -2.82. The van der Waals surface area contributed by atoms with Crippen molar-refractivity contribution in [3.63, 3.8) is 0 Å². The minimum atomic E-state index is -4.96. The quantitative estimate of drug-likeness (QED) is 0.369. The number of carbonyl (C=O) groups excluding carboxylic acids is 1. The summed E-state index contributed by atoms with van der Waals surface area (Å²) in [5, 5.41) is 14.8. The van der Waals surface area contributed by atoms with Gasteiger partial charge in [0.15, 0.2) is 5.50 Å². The number of aliphatic hydroxyl groups excluding tert-OH is 1. The Morgan fingerprint density at radius 1 is 1.05 bits per heavy atom. The molecule has 1 N–H and O–H groups in total. The number of aliphatic hydroxyl groups is 1. The molecule has 1 amide bonds. The maximum Gasteiger partial charge on any atom is 0.416 e. The van der Waals surface area contributed by atoms with E-state index >= 15 is 0 Å². The topological polar surface area (TPSA) is 74.0 Å². The van der Waals surface area contributed by atoms with Crippen molar-refractivity contribution in [2.75, 3.05) is 26.2 Å². The number of piperazine rings is 1. The average molecular weight is 624 g/mol. The number of alkyl halides is 6. The van der Waals surface area contributed by atoms with Gasteiger partial charge in [-0.2, -0.15) is 31.4 Å². The summed E-state index contributed by atoms with van der Waals surface area (Å²) in [5.74, 6) is 0.223. The normalized spacial score (nSPS) is 22.7. The Bertz CT molecular complexity index is 1600. The second-order valence-corrected chi connectivity index (χ2v) is 12.0. The molecule has 228 valence electrons. The second kappa shape index (κ2) is 11.3. The molecular formula is C29H27F6N5O2S. The van der Waals surface area contributed by atoms with E-state index < -0.39 is 23.5 Å². The van der Waals surface area contributed by atoms with Crippen LogP contribution in [0, 0.1) is 5.92 Å². The first-order chi connectivity index (χ1) is 20.4. The number of carbonyl (C=O) groups is 1. The average Bonchev–Trinajstić information content (AvgIpc) is 3.59. The fourth-order valence-electron chi connectivity index (χ4n) is 5.45. The molecule has 1 aromatic heterocycles. The van der Waals surface area contributed by atoms with Crippen LogP contribution in [0.2, 0.25) is 0 Å². The molecule has 3 heterocycles. The van der Waals surface area contributed by atoms with Gasteiger partial charge in [0.2, 0.25) is 5.91 Å².